The van der Waals surface area contributed by atoms with Gasteiger partial charge in [0.05, 0.1) is 24.4 Å². The van der Waals surface area contributed by atoms with Crippen molar-refractivity contribution in [2.45, 2.75) is 37.8 Å². The molecule has 0 aliphatic carbocycles. The molecule has 2 heterocycles. The zero-order chi connectivity index (χ0) is 23.7. The SMILES string of the molecule is COc1ccc(C2CCCN2C(=O)CCC2NC(=O)c3ccccc3NC2=O)c2ccccc12. The summed E-state index contributed by atoms with van der Waals surface area (Å²) in [5, 5.41) is 7.69. The Hall–Kier alpha value is -3.87. The Labute approximate surface area is 198 Å². The quantitative estimate of drug-likeness (QED) is 0.605. The maximum Gasteiger partial charge on any atom is 0.254 e. The van der Waals surface area contributed by atoms with E-state index < -0.39 is 6.04 Å². The molecule has 3 aromatic carbocycles. The number of carbonyl (C=O) groups excluding carboxylic acids is 3. The molecular formula is C27H27N3O4. The molecule has 3 amide bonds. The van der Waals surface area contributed by atoms with Crippen LogP contribution in [-0.2, 0) is 9.59 Å². The number of amides is 3. The van der Waals surface area contributed by atoms with Crippen molar-refractivity contribution in [1.29, 1.82) is 0 Å². The number of likely N-dealkylation sites (tertiary alicyclic amines) is 1. The van der Waals surface area contributed by atoms with Gasteiger partial charge in [-0.05, 0) is 48.4 Å². The molecule has 2 unspecified atom stereocenters. The highest BCUT2D eigenvalue weighted by Crippen LogP contribution is 2.39. The summed E-state index contributed by atoms with van der Waals surface area (Å²) in [6, 6.07) is 18.2. The molecule has 3 aromatic rings. The van der Waals surface area contributed by atoms with Crippen molar-refractivity contribution in [3.8, 4) is 5.75 Å². The highest BCUT2D eigenvalue weighted by molar-refractivity contribution is 6.09. The Bertz CT molecular complexity index is 1270. The normalized spacial score (nSPS) is 19.9. The van der Waals surface area contributed by atoms with Crippen LogP contribution in [-0.4, -0.2) is 42.3 Å². The van der Waals surface area contributed by atoms with Crippen LogP contribution in [0.4, 0.5) is 5.69 Å². The topological polar surface area (TPSA) is 87.7 Å². The fourth-order valence-electron chi connectivity index (χ4n) is 5.08. The highest BCUT2D eigenvalue weighted by atomic mass is 16.5. The highest BCUT2D eigenvalue weighted by Gasteiger charge is 2.33. The first-order chi connectivity index (χ1) is 16.6. The van der Waals surface area contributed by atoms with E-state index in [4.69, 9.17) is 4.74 Å². The van der Waals surface area contributed by atoms with Crippen LogP contribution in [0.15, 0.2) is 60.7 Å². The van der Waals surface area contributed by atoms with E-state index in [0.29, 0.717) is 17.8 Å². The van der Waals surface area contributed by atoms with Crippen LogP contribution in [0.25, 0.3) is 10.8 Å². The Balaban J connectivity index is 1.32. The third kappa shape index (κ3) is 3.98. The molecule has 0 spiro atoms. The first-order valence-electron chi connectivity index (χ1n) is 11.6. The summed E-state index contributed by atoms with van der Waals surface area (Å²) >= 11 is 0. The minimum atomic E-state index is -0.758. The number of nitrogens with zero attached hydrogens (tertiary/aromatic N) is 1. The van der Waals surface area contributed by atoms with Gasteiger partial charge in [0.2, 0.25) is 11.8 Å². The van der Waals surface area contributed by atoms with Crippen LogP contribution < -0.4 is 15.4 Å². The molecule has 0 saturated carbocycles. The van der Waals surface area contributed by atoms with Crippen LogP contribution in [0.5, 0.6) is 5.75 Å². The van der Waals surface area contributed by atoms with Crippen LogP contribution in [0, 0.1) is 0 Å². The molecule has 1 saturated heterocycles. The first kappa shape index (κ1) is 21.9. The van der Waals surface area contributed by atoms with Gasteiger partial charge in [-0.25, -0.2) is 0 Å². The lowest BCUT2D eigenvalue weighted by Crippen LogP contribution is -2.42. The average Bonchev–Trinajstić information content (AvgIpc) is 3.31. The van der Waals surface area contributed by atoms with E-state index in [0.717, 1.165) is 34.9 Å². The molecule has 34 heavy (non-hydrogen) atoms. The maximum atomic E-state index is 13.3. The number of hydrogen-bond acceptors (Lipinski definition) is 4. The lowest BCUT2D eigenvalue weighted by Gasteiger charge is -2.27. The van der Waals surface area contributed by atoms with Crippen LogP contribution in [0.3, 0.4) is 0 Å². The van der Waals surface area contributed by atoms with Crippen molar-refractivity contribution in [3.05, 3.63) is 71.8 Å². The molecule has 2 aliphatic heterocycles. The third-order valence-electron chi connectivity index (χ3n) is 6.77. The van der Waals surface area contributed by atoms with Gasteiger partial charge < -0.3 is 20.3 Å². The van der Waals surface area contributed by atoms with Gasteiger partial charge in [-0.2, -0.15) is 0 Å². The number of methoxy groups -OCH3 is 1. The van der Waals surface area contributed by atoms with Gasteiger partial charge in [-0.1, -0.05) is 42.5 Å². The maximum absolute atomic E-state index is 13.3. The molecular weight excluding hydrogens is 430 g/mol. The second-order valence-electron chi connectivity index (χ2n) is 8.75. The lowest BCUT2D eigenvalue weighted by atomic mass is 9.96. The minimum Gasteiger partial charge on any atom is -0.496 e. The molecule has 0 radical (unpaired) electrons. The molecule has 7 heteroatoms. The fourth-order valence-corrected chi connectivity index (χ4v) is 5.08. The molecule has 0 bridgehead atoms. The van der Waals surface area contributed by atoms with Gasteiger partial charge in [-0.3, -0.25) is 14.4 Å². The summed E-state index contributed by atoms with van der Waals surface area (Å²) in [6.45, 7) is 0.679. The number of ether oxygens (including phenoxy) is 1. The number of benzene rings is 3. The fraction of sp³-hybridized carbons (Fsp3) is 0.296. The summed E-state index contributed by atoms with van der Waals surface area (Å²) in [6.07, 6.45) is 2.24. The predicted octanol–water partition coefficient (Wildman–Crippen LogP) is 4.04. The average molecular weight is 458 g/mol. The number of para-hydroxylation sites is 1. The molecule has 174 valence electrons. The van der Waals surface area contributed by atoms with Gasteiger partial charge >= 0.3 is 0 Å². The van der Waals surface area contributed by atoms with E-state index in [-0.39, 0.29) is 36.6 Å². The number of rotatable bonds is 5. The monoisotopic (exact) mass is 457 g/mol. The Morgan fingerprint density at radius 3 is 2.62 bits per heavy atom. The Kier molecular flexibility index (Phi) is 5.92. The van der Waals surface area contributed by atoms with Crippen molar-refractivity contribution in [1.82, 2.24) is 10.2 Å². The number of anilines is 1. The lowest BCUT2D eigenvalue weighted by molar-refractivity contribution is -0.132. The van der Waals surface area contributed by atoms with E-state index in [1.165, 1.54) is 0 Å². The first-order valence-corrected chi connectivity index (χ1v) is 11.6. The number of carbonyl (C=O) groups is 3. The molecule has 2 aliphatic rings. The van der Waals surface area contributed by atoms with E-state index in [1.807, 2.05) is 35.2 Å². The Morgan fingerprint density at radius 1 is 1.03 bits per heavy atom. The molecule has 2 N–H and O–H groups in total. The zero-order valence-electron chi connectivity index (χ0n) is 19.0. The van der Waals surface area contributed by atoms with Gasteiger partial charge in [0.1, 0.15) is 11.8 Å². The van der Waals surface area contributed by atoms with Gasteiger partial charge in [0.25, 0.3) is 5.91 Å². The molecule has 0 aromatic heterocycles. The van der Waals surface area contributed by atoms with Crippen LogP contribution >= 0.6 is 0 Å². The summed E-state index contributed by atoms with van der Waals surface area (Å²) in [4.78, 5) is 40.4. The van der Waals surface area contributed by atoms with Crippen molar-refractivity contribution in [2.75, 3.05) is 19.0 Å². The van der Waals surface area contributed by atoms with E-state index in [2.05, 4.69) is 16.7 Å². The van der Waals surface area contributed by atoms with Crippen molar-refractivity contribution < 1.29 is 19.1 Å². The summed E-state index contributed by atoms with van der Waals surface area (Å²) in [7, 11) is 1.66. The Morgan fingerprint density at radius 2 is 1.79 bits per heavy atom. The van der Waals surface area contributed by atoms with E-state index in [1.54, 1.807) is 31.4 Å². The van der Waals surface area contributed by atoms with Crippen LogP contribution in [0.1, 0.15) is 47.6 Å². The smallest absolute Gasteiger partial charge is 0.254 e. The third-order valence-corrected chi connectivity index (χ3v) is 6.77. The predicted molar refractivity (Wildman–Crippen MR) is 130 cm³/mol. The zero-order valence-corrected chi connectivity index (χ0v) is 19.0. The standard InChI is InChI=1S/C27H27N3O4/c1-34-24-14-12-18(17-7-2-3-8-19(17)24)23-11-6-16-30(23)25(31)15-13-22-27(33)28-21-10-5-4-9-20(21)26(32)29-22/h2-5,7-10,12,14,22-23H,6,11,13,15-16H2,1H3,(H,28,33)(H,29,32). The van der Waals surface area contributed by atoms with Crippen LogP contribution in [0.2, 0.25) is 0 Å². The molecule has 5 rings (SSSR count). The second kappa shape index (κ2) is 9.17. The number of fused-ring (bicyclic) bond motifs is 2. The van der Waals surface area contributed by atoms with Gasteiger partial charge in [0, 0.05) is 18.4 Å². The van der Waals surface area contributed by atoms with Crippen molar-refractivity contribution in [2.24, 2.45) is 0 Å². The summed E-state index contributed by atoms with van der Waals surface area (Å²) in [5.41, 5.74) is 2.03. The van der Waals surface area contributed by atoms with Crippen molar-refractivity contribution in [3.63, 3.8) is 0 Å². The number of hydrogen-bond donors (Lipinski definition) is 2. The second-order valence-corrected chi connectivity index (χ2v) is 8.75. The van der Waals surface area contributed by atoms with Crippen molar-refractivity contribution >= 4 is 34.2 Å². The molecule has 1 fully saturated rings. The van der Waals surface area contributed by atoms with E-state index >= 15 is 0 Å². The summed E-state index contributed by atoms with van der Waals surface area (Å²) < 4.78 is 5.52. The van der Waals surface area contributed by atoms with Gasteiger partial charge in [0.15, 0.2) is 0 Å². The van der Waals surface area contributed by atoms with E-state index in [9.17, 15) is 14.4 Å². The largest absolute Gasteiger partial charge is 0.496 e. The molecule has 2 atom stereocenters. The number of nitrogens with one attached hydrogen (secondary N) is 2. The summed E-state index contributed by atoms with van der Waals surface area (Å²) in [5.74, 6) is 0.193. The molecule has 7 nitrogen and oxygen atoms in total. The minimum absolute atomic E-state index is 0.00814. The van der Waals surface area contributed by atoms with Gasteiger partial charge in [-0.15, -0.1) is 0 Å².